The van der Waals surface area contributed by atoms with Crippen molar-refractivity contribution >= 4 is 5.82 Å². The second kappa shape index (κ2) is 7.80. The number of halogens is 6. The van der Waals surface area contributed by atoms with Gasteiger partial charge in [0.1, 0.15) is 11.9 Å². The largest absolute Gasteiger partial charge is 0.493 e. The average molecular weight is 446 g/mol. The molecule has 1 aromatic heterocycles. The maximum Gasteiger partial charge on any atom is 0.417 e. The zero-order valence-electron chi connectivity index (χ0n) is 16.5. The van der Waals surface area contributed by atoms with Gasteiger partial charge < -0.3 is 14.4 Å². The number of fused-ring (bicyclic) bond motifs is 2. The second-order valence-corrected chi connectivity index (χ2v) is 7.77. The minimum absolute atomic E-state index is 0.00834. The van der Waals surface area contributed by atoms with Gasteiger partial charge in [-0.3, -0.25) is 0 Å². The topological polar surface area (TPSA) is 34.6 Å². The summed E-state index contributed by atoms with van der Waals surface area (Å²) in [6.07, 6.45) is -5.46. The maximum atomic E-state index is 12.9. The molecular weight excluding hydrogens is 426 g/mol. The molecule has 4 nitrogen and oxygen atoms in total. The second-order valence-electron chi connectivity index (χ2n) is 7.77. The molecule has 2 saturated heterocycles. The van der Waals surface area contributed by atoms with Crippen LogP contribution in [0.25, 0.3) is 0 Å². The molecule has 2 aromatic rings. The van der Waals surface area contributed by atoms with E-state index >= 15 is 0 Å². The molecule has 2 aliphatic rings. The molecule has 0 amide bonds. The van der Waals surface area contributed by atoms with E-state index in [2.05, 4.69) is 4.98 Å². The van der Waals surface area contributed by atoms with Crippen LogP contribution in [0, 0.1) is 0 Å². The summed E-state index contributed by atoms with van der Waals surface area (Å²) < 4.78 is 88.2. The Hall–Kier alpha value is -2.65. The number of pyridine rings is 1. The van der Waals surface area contributed by atoms with Crippen molar-refractivity contribution in [2.75, 3.05) is 12.0 Å². The zero-order valence-corrected chi connectivity index (χ0v) is 16.5. The van der Waals surface area contributed by atoms with Crippen LogP contribution < -0.4 is 14.4 Å². The third-order valence-electron chi connectivity index (χ3n) is 5.81. The third kappa shape index (κ3) is 4.38. The molecule has 0 saturated carbocycles. The minimum Gasteiger partial charge on any atom is -0.493 e. The number of benzene rings is 1. The average Bonchev–Trinajstić information content (AvgIpc) is 2.97. The molecule has 31 heavy (non-hydrogen) atoms. The highest BCUT2D eigenvalue weighted by Crippen LogP contribution is 2.42. The summed E-state index contributed by atoms with van der Waals surface area (Å²) in [7, 11) is 1.28. The predicted octanol–water partition coefficient (Wildman–Crippen LogP) is 5.71. The molecule has 3 atom stereocenters. The van der Waals surface area contributed by atoms with Gasteiger partial charge in [-0.25, -0.2) is 4.98 Å². The molecule has 0 spiro atoms. The van der Waals surface area contributed by atoms with Crippen molar-refractivity contribution in [3.05, 3.63) is 47.7 Å². The van der Waals surface area contributed by atoms with Crippen molar-refractivity contribution in [1.29, 1.82) is 0 Å². The third-order valence-corrected chi connectivity index (χ3v) is 5.81. The van der Waals surface area contributed by atoms with Crippen LogP contribution in [-0.2, 0) is 12.4 Å². The number of alkyl halides is 6. The van der Waals surface area contributed by atoms with E-state index in [1.165, 1.54) is 19.2 Å². The number of methoxy groups -OCH3 is 1. The van der Waals surface area contributed by atoms with E-state index in [1.54, 1.807) is 0 Å². The van der Waals surface area contributed by atoms with Crippen molar-refractivity contribution in [2.45, 2.75) is 56.2 Å². The fraction of sp³-hybridized carbons (Fsp3) is 0.476. The van der Waals surface area contributed by atoms with Crippen LogP contribution in [0.4, 0.5) is 32.2 Å². The molecule has 0 aliphatic carbocycles. The fourth-order valence-electron chi connectivity index (χ4n) is 4.42. The number of aromatic nitrogens is 1. The zero-order chi connectivity index (χ0) is 22.4. The van der Waals surface area contributed by atoms with Crippen LogP contribution in [-0.4, -0.2) is 30.3 Å². The fourth-order valence-corrected chi connectivity index (χ4v) is 4.42. The van der Waals surface area contributed by atoms with E-state index in [4.69, 9.17) is 9.47 Å². The Morgan fingerprint density at radius 1 is 0.871 bits per heavy atom. The Labute approximate surface area is 174 Å². The molecule has 4 rings (SSSR count). The van der Waals surface area contributed by atoms with Gasteiger partial charge in [0.05, 0.1) is 18.2 Å². The van der Waals surface area contributed by atoms with Gasteiger partial charge in [0, 0.05) is 31.1 Å². The number of hydrogen-bond donors (Lipinski definition) is 0. The van der Waals surface area contributed by atoms with Crippen molar-refractivity contribution in [1.82, 2.24) is 4.98 Å². The monoisotopic (exact) mass is 446 g/mol. The van der Waals surface area contributed by atoms with E-state index in [9.17, 15) is 26.3 Å². The van der Waals surface area contributed by atoms with E-state index in [1.807, 2.05) is 4.90 Å². The van der Waals surface area contributed by atoms with Gasteiger partial charge in [0.15, 0.2) is 11.5 Å². The summed E-state index contributed by atoms with van der Waals surface area (Å²) in [6.45, 7) is 0. The Morgan fingerprint density at radius 3 is 2.00 bits per heavy atom. The quantitative estimate of drug-likeness (QED) is 0.564. The summed E-state index contributed by atoms with van der Waals surface area (Å²) in [6, 6.07) is 5.60. The van der Waals surface area contributed by atoms with E-state index in [0.29, 0.717) is 18.7 Å². The lowest BCUT2D eigenvalue weighted by atomic mass is 9.99. The molecule has 0 N–H and O–H groups in total. The highest BCUT2D eigenvalue weighted by Gasteiger charge is 2.43. The van der Waals surface area contributed by atoms with Gasteiger partial charge in [-0.15, -0.1) is 0 Å². The summed E-state index contributed by atoms with van der Waals surface area (Å²) in [4.78, 5) is 6.05. The molecule has 1 aromatic carbocycles. The van der Waals surface area contributed by atoms with Crippen molar-refractivity contribution in [2.24, 2.45) is 0 Å². The van der Waals surface area contributed by atoms with Gasteiger partial charge in [-0.1, -0.05) is 0 Å². The standard InChI is InChI=1S/C21H20F6N2O2/c1-30-18-8-12(20(22,23)24)2-6-17(18)31-16-9-14-4-5-15(10-16)29(14)19-7-3-13(11-28-19)21(25,26)27/h2-3,6-8,11,14-16H,4-5,9-10H2,1H3/t14-,15+,16?. The SMILES string of the molecule is COc1cc(C(F)(F)F)ccc1OC1C[C@H]2CC[C@@H](C1)N2c1ccc(C(F)(F)F)cn1. The molecule has 0 radical (unpaired) electrons. The summed E-state index contributed by atoms with van der Waals surface area (Å²) in [5, 5.41) is 0. The lowest BCUT2D eigenvalue weighted by molar-refractivity contribution is -0.138. The number of piperidine rings is 1. The van der Waals surface area contributed by atoms with Crippen LogP contribution >= 0.6 is 0 Å². The van der Waals surface area contributed by atoms with Crippen molar-refractivity contribution in [3.63, 3.8) is 0 Å². The molecule has 2 bridgehead atoms. The first-order valence-corrected chi connectivity index (χ1v) is 9.79. The first kappa shape index (κ1) is 21.6. The molecule has 2 aliphatic heterocycles. The lowest BCUT2D eigenvalue weighted by Crippen LogP contribution is -2.46. The first-order valence-electron chi connectivity index (χ1n) is 9.79. The van der Waals surface area contributed by atoms with Crippen molar-refractivity contribution in [3.8, 4) is 11.5 Å². The maximum absolute atomic E-state index is 12.9. The Kier molecular flexibility index (Phi) is 5.43. The van der Waals surface area contributed by atoms with Gasteiger partial charge >= 0.3 is 12.4 Å². The van der Waals surface area contributed by atoms with Gasteiger partial charge in [0.2, 0.25) is 0 Å². The normalized spacial score (nSPS) is 23.7. The van der Waals surface area contributed by atoms with Crippen LogP contribution in [0.2, 0.25) is 0 Å². The number of rotatable bonds is 4. The number of nitrogens with zero attached hydrogens (tertiary/aromatic N) is 2. The first-order chi connectivity index (χ1) is 14.6. The van der Waals surface area contributed by atoms with Crippen LogP contribution in [0.15, 0.2) is 36.5 Å². The van der Waals surface area contributed by atoms with Gasteiger partial charge in [-0.05, 0) is 43.2 Å². The van der Waals surface area contributed by atoms with E-state index < -0.39 is 23.5 Å². The number of hydrogen-bond acceptors (Lipinski definition) is 4. The molecule has 1 unspecified atom stereocenters. The predicted molar refractivity (Wildman–Crippen MR) is 100 cm³/mol. The van der Waals surface area contributed by atoms with E-state index in [0.717, 1.165) is 37.2 Å². The summed E-state index contributed by atoms with van der Waals surface area (Å²) >= 11 is 0. The molecule has 168 valence electrons. The van der Waals surface area contributed by atoms with Crippen LogP contribution in [0.1, 0.15) is 36.8 Å². The minimum atomic E-state index is -4.48. The highest BCUT2D eigenvalue weighted by atomic mass is 19.4. The number of ether oxygens (including phenoxy) is 2. The van der Waals surface area contributed by atoms with Crippen molar-refractivity contribution < 1.29 is 35.8 Å². The Bertz CT molecular complexity index is 915. The smallest absolute Gasteiger partial charge is 0.417 e. The van der Waals surface area contributed by atoms with Crippen LogP contribution in [0.5, 0.6) is 11.5 Å². The Morgan fingerprint density at radius 2 is 1.48 bits per heavy atom. The van der Waals surface area contributed by atoms with Gasteiger partial charge in [0.25, 0.3) is 0 Å². The van der Waals surface area contributed by atoms with Gasteiger partial charge in [-0.2, -0.15) is 26.3 Å². The summed E-state index contributed by atoms with van der Waals surface area (Å²) in [5.41, 5.74) is -1.61. The van der Waals surface area contributed by atoms with Crippen LogP contribution in [0.3, 0.4) is 0 Å². The molecular formula is C21H20F6N2O2. The van der Waals surface area contributed by atoms with E-state index in [-0.39, 0.29) is 29.7 Å². The number of anilines is 1. The summed E-state index contributed by atoms with van der Waals surface area (Å²) in [5.74, 6) is 0.737. The highest BCUT2D eigenvalue weighted by molar-refractivity contribution is 5.46. The molecule has 3 heterocycles. The molecule has 10 heteroatoms. The molecule has 2 fully saturated rings. The Balaban J connectivity index is 1.47. The lowest BCUT2D eigenvalue weighted by Gasteiger charge is -2.39.